The normalized spacial score (nSPS) is 12.5. The number of hydrogen-bond acceptors (Lipinski definition) is 4. The second kappa shape index (κ2) is 8.19. The molecule has 2 aliphatic rings. The van der Waals surface area contributed by atoms with E-state index in [0.29, 0.717) is 11.7 Å². The van der Waals surface area contributed by atoms with Crippen molar-refractivity contribution in [3.05, 3.63) is 66.1 Å². The highest BCUT2D eigenvalue weighted by molar-refractivity contribution is 5.80. The molecular formula is C22H25NO3. The Labute approximate surface area is 154 Å². The second-order valence-electron chi connectivity index (χ2n) is 6.84. The largest absolute Gasteiger partial charge is 0.472 e. The third-order valence-corrected chi connectivity index (χ3v) is 4.65. The summed E-state index contributed by atoms with van der Waals surface area (Å²) in [7, 11) is 2.13. The lowest BCUT2D eigenvalue weighted by Crippen LogP contribution is -2.25. The SMILES string of the molecule is CC(=O)Oc1c(CCN(C)CC(C)c2ccccc2)cc2coccc1-2. The third-order valence-electron chi connectivity index (χ3n) is 4.65. The molecule has 136 valence electrons. The maximum Gasteiger partial charge on any atom is 0.308 e. The van der Waals surface area contributed by atoms with Crippen molar-refractivity contribution >= 4 is 5.97 Å². The van der Waals surface area contributed by atoms with Gasteiger partial charge in [0, 0.05) is 31.1 Å². The van der Waals surface area contributed by atoms with Gasteiger partial charge in [-0.3, -0.25) is 4.79 Å². The molecule has 1 heterocycles. The highest BCUT2D eigenvalue weighted by Gasteiger charge is 2.19. The van der Waals surface area contributed by atoms with Gasteiger partial charge in [-0.05, 0) is 42.6 Å². The fourth-order valence-corrected chi connectivity index (χ4v) is 3.33. The summed E-state index contributed by atoms with van der Waals surface area (Å²) in [5.41, 5.74) is 4.26. The quantitative estimate of drug-likeness (QED) is 0.584. The smallest absolute Gasteiger partial charge is 0.308 e. The van der Waals surface area contributed by atoms with Crippen LogP contribution in [0.3, 0.4) is 0 Å². The maximum absolute atomic E-state index is 11.5. The number of nitrogens with zero attached hydrogens (tertiary/aromatic N) is 1. The first-order valence-corrected chi connectivity index (χ1v) is 8.94. The highest BCUT2D eigenvalue weighted by atomic mass is 16.5. The second-order valence-corrected chi connectivity index (χ2v) is 6.84. The minimum absolute atomic E-state index is 0.300. The molecule has 0 saturated heterocycles. The summed E-state index contributed by atoms with van der Waals surface area (Å²) in [4.78, 5) is 13.8. The van der Waals surface area contributed by atoms with E-state index >= 15 is 0 Å². The lowest BCUT2D eigenvalue weighted by molar-refractivity contribution is -0.131. The summed E-state index contributed by atoms with van der Waals surface area (Å²) < 4.78 is 10.7. The van der Waals surface area contributed by atoms with E-state index < -0.39 is 0 Å². The lowest BCUT2D eigenvalue weighted by atomic mass is 10.0. The number of fused-ring (bicyclic) bond motifs is 1. The predicted molar refractivity (Wildman–Crippen MR) is 103 cm³/mol. The van der Waals surface area contributed by atoms with Crippen molar-refractivity contribution < 1.29 is 13.9 Å². The minimum atomic E-state index is -0.300. The third kappa shape index (κ3) is 4.33. The molecule has 1 atom stereocenters. The van der Waals surface area contributed by atoms with Crippen molar-refractivity contribution in [3.8, 4) is 16.9 Å². The highest BCUT2D eigenvalue weighted by Crippen LogP contribution is 2.38. The molecule has 1 unspecified atom stereocenters. The summed E-state index contributed by atoms with van der Waals surface area (Å²) >= 11 is 0. The maximum atomic E-state index is 11.5. The minimum Gasteiger partial charge on any atom is -0.472 e. The first-order valence-electron chi connectivity index (χ1n) is 8.94. The lowest BCUT2D eigenvalue weighted by Gasteiger charge is -2.21. The van der Waals surface area contributed by atoms with Crippen molar-refractivity contribution in [2.24, 2.45) is 0 Å². The Morgan fingerprint density at radius 2 is 2.00 bits per heavy atom. The van der Waals surface area contributed by atoms with Crippen LogP contribution in [0.1, 0.15) is 30.9 Å². The van der Waals surface area contributed by atoms with Crippen LogP contribution in [0.5, 0.6) is 5.75 Å². The monoisotopic (exact) mass is 351 g/mol. The Balaban J connectivity index is 1.67. The molecule has 0 fully saturated rings. The Morgan fingerprint density at radius 1 is 1.23 bits per heavy atom. The van der Waals surface area contributed by atoms with E-state index in [2.05, 4.69) is 43.1 Å². The van der Waals surface area contributed by atoms with Crippen LogP contribution in [0, 0.1) is 0 Å². The number of rotatable bonds is 7. The van der Waals surface area contributed by atoms with Crippen LogP contribution in [0.2, 0.25) is 0 Å². The van der Waals surface area contributed by atoms with Crippen LogP contribution in [0.25, 0.3) is 11.1 Å². The average Bonchev–Trinajstić information content (AvgIpc) is 2.98. The van der Waals surface area contributed by atoms with E-state index in [1.807, 2.05) is 18.2 Å². The van der Waals surface area contributed by atoms with Crippen molar-refractivity contribution in [1.82, 2.24) is 4.90 Å². The van der Waals surface area contributed by atoms with Gasteiger partial charge in [-0.15, -0.1) is 0 Å². The zero-order chi connectivity index (χ0) is 18.5. The molecule has 4 heteroatoms. The molecule has 1 aromatic carbocycles. The number of ether oxygens (including phenoxy) is 1. The first-order chi connectivity index (χ1) is 12.5. The van der Waals surface area contributed by atoms with Crippen molar-refractivity contribution in [3.63, 3.8) is 0 Å². The summed E-state index contributed by atoms with van der Waals surface area (Å²) in [6.07, 6.45) is 4.11. The van der Waals surface area contributed by atoms with Crippen LogP contribution < -0.4 is 4.74 Å². The summed E-state index contributed by atoms with van der Waals surface area (Å²) in [6, 6.07) is 14.4. The van der Waals surface area contributed by atoms with Crippen LogP contribution in [0.15, 0.2) is 59.4 Å². The van der Waals surface area contributed by atoms with E-state index in [1.54, 1.807) is 12.5 Å². The van der Waals surface area contributed by atoms with Gasteiger partial charge in [0.2, 0.25) is 0 Å². The Bertz CT molecular complexity index is 825. The number of hydrogen-bond donors (Lipinski definition) is 0. The molecule has 0 aromatic heterocycles. The molecule has 0 radical (unpaired) electrons. The summed E-state index contributed by atoms with van der Waals surface area (Å²) in [5, 5.41) is 0. The van der Waals surface area contributed by atoms with Crippen molar-refractivity contribution in [1.29, 1.82) is 0 Å². The van der Waals surface area contributed by atoms with Gasteiger partial charge < -0.3 is 14.1 Å². The molecule has 0 spiro atoms. The molecule has 0 N–H and O–H groups in total. The van der Waals surface area contributed by atoms with Gasteiger partial charge in [0.05, 0.1) is 12.5 Å². The van der Waals surface area contributed by atoms with Gasteiger partial charge in [0.25, 0.3) is 0 Å². The van der Waals surface area contributed by atoms with E-state index in [9.17, 15) is 4.79 Å². The number of esters is 1. The molecule has 0 amide bonds. The van der Waals surface area contributed by atoms with Crippen LogP contribution >= 0.6 is 0 Å². The molecule has 26 heavy (non-hydrogen) atoms. The van der Waals surface area contributed by atoms with Gasteiger partial charge in [0.15, 0.2) is 0 Å². The Morgan fingerprint density at radius 3 is 2.73 bits per heavy atom. The zero-order valence-corrected chi connectivity index (χ0v) is 15.6. The fraction of sp³-hybridized carbons (Fsp3) is 0.318. The van der Waals surface area contributed by atoms with E-state index in [1.165, 1.54) is 12.5 Å². The molecule has 1 aromatic rings. The summed E-state index contributed by atoms with van der Waals surface area (Å²) in [6.45, 7) is 5.54. The van der Waals surface area contributed by atoms with E-state index in [4.69, 9.17) is 9.15 Å². The Hall–Kier alpha value is -2.59. The van der Waals surface area contributed by atoms with Crippen LogP contribution in [-0.2, 0) is 11.2 Å². The molecule has 0 saturated carbocycles. The molecule has 1 aliphatic heterocycles. The molecule has 4 nitrogen and oxygen atoms in total. The van der Waals surface area contributed by atoms with E-state index in [0.717, 1.165) is 36.2 Å². The van der Waals surface area contributed by atoms with Crippen LogP contribution in [0.4, 0.5) is 0 Å². The number of benzene rings is 1. The van der Waals surface area contributed by atoms with Gasteiger partial charge >= 0.3 is 5.97 Å². The first kappa shape index (κ1) is 18.2. The number of likely N-dealkylation sites (N-methyl/N-ethyl adjacent to an activating group) is 1. The van der Waals surface area contributed by atoms with Crippen molar-refractivity contribution in [2.75, 3.05) is 20.1 Å². The number of carbonyl (C=O) groups excluding carboxylic acids is 1. The topological polar surface area (TPSA) is 42.7 Å². The van der Waals surface area contributed by atoms with Gasteiger partial charge in [-0.1, -0.05) is 37.3 Å². The standard InChI is InChI=1S/C22H25NO3/c1-16(18-7-5-4-6-8-18)14-23(3)11-9-19-13-20-15-25-12-10-21(20)22(19)26-17(2)24/h4-8,10,12-13,15-16H,9,11,14H2,1-3H3. The average molecular weight is 351 g/mol. The van der Waals surface area contributed by atoms with Crippen LogP contribution in [-0.4, -0.2) is 31.0 Å². The predicted octanol–water partition coefficient (Wildman–Crippen LogP) is 4.59. The Kier molecular flexibility index (Phi) is 5.74. The van der Waals surface area contributed by atoms with E-state index in [-0.39, 0.29) is 5.97 Å². The number of carbonyl (C=O) groups is 1. The molecule has 3 rings (SSSR count). The van der Waals surface area contributed by atoms with Gasteiger partial charge in [0.1, 0.15) is 5.75 Å². The van der Waals surface area contributed by atoms with Gasteiger partial charge in [-0.25, -0.2) is 0 Å². The van der Waals surface area contributed by atoms with Gasteiger partial charge in [-0.2, -0.15) is 0 Å². The fourth-order valence-electron chi connectivity index (χ4n) is 3.33. The summed E-state index contributed by atoms with van der Waals surface area (Å²) in [5.74, 6) is 0.824. The zero-order valence-electron chi connectivity index (χ0n) is 15.6. The van der Waals surface area contributed by atoms with Crippen molar-refractivity contribution in [2.45, 2.75) is 26.2 Å². The molecule has 1 aliphatic carbocycles. The molecular weight excluding hydrogens is 326 g/mol. The molecule has 0 bridgehead atoms.